The molecular weight excluding hydrogens is 236 g/mol. The van der Waals surface area contributed by atoms with Crippen LogP contribution in [0.2, 0.25) is 0 Å². The van der Waals surface area contributed by atoms with Crippen molar-refractivity contribution in [3.63, 3.8) is 0 Å². The first-order chi connectivity index (χ1) is 8.86. The minimum atomic E-state index is 0.416. The van der Waals surface area contributed by atoms with Crippen molar-refractivity contribution in [3.05, 3.63) is 11.9 Å². The van der Waals surface area contributed by atoms with Gasteiger partial charge in [0.2, 0.25) is 0 Å². The zero-order valence-electron chi connectivity index (χ0n) is 10.9. The third-order valence-electron chi connectivity index (χ3n) is 2.27. The maximum atomic E-state index is 5.46. The molecular formula is C11H22N4O3. The van der Waals surface area contributed by atoms with E-state index in [9.17, 15) is 0 Å². The lowest BCUT2D eigenvalue weighted by molar-refractivity contribution is 0.0497. The molecule has 0 aliphatic carbocycles. The predicted molar refractivity (Wildman–Crippen MR) is 66.0 cm³/mol. The predicted octanol–water partition coefficient (Wildman–Crippen LogP) is -0.193. The highest BCUT2D eigenvalue weighted by atomic mass is 16.5. The van der Waals surface area contributed by atoms with E-state index in [-0.39, 0.29) is 0 Å². The van der Waals surface area contributed by atoms with Gasteiger partial charge in [-0.05, 0) is 6.42 Å². The lowest BCUT2D eigenvalue weighted by Crippen LogP contribution is -2.09. The Balaban J connectivity index is 1.89. The molecule has 0 aliphatic heterocycles. The molecule has 0 amide bonds. The second-order valence-corrected chi connectivity index (χ2v) is 3.75. The number of aromatic nitrogens is 3. The minimum absolute atomic E-state index is 0.416. The Kier molecular flexibility index (Phi) is 8.32. The molecule has 0 fully saturated rings. The van der Waals surface area contributed by atoms with Crippen LogP contribution in [0.4, 0.5) is 0 Å². The molecule has 7 nitrogen and oxygen atoms in total. The lowest BCUT2D eigenvalue weighted by atomic mass is 10.5. The van der Waals surface area contributed by atoms with Crippen LogP contribution in [0.3, 0.4) is 0 Å². The molecule has 0 bridgehead atoms. The van der Waals surface area contributed by atoms with Crippen LogP contribution in [0.1, 0.15) is 12.1 Å². The molecule has 1 aromatic heterocycles. The van der Waals surface area contributed by atoms with Crippen molar-refractivity contribution < 1.29 is 14.2 Å². The number of rotatable bonds is 11. The smallest absolute Gasteiger partial charge is 0.0962 e. The van der Waals surface area contributed by atoms with Crippen LogP contribution in [-0.4, -0.2) is 55.1 Å². The number of methoxy groups -OCH3 is 1. The highest BCUT2D eigenvalue weighted by Crippen LogP contribution is 1.92. The Hall–Kier alpha value is -1.02. The highest BCUT2D eigenvalue weighted by molar-refractivity contribution is 4.90. The third-order valence-corrected chi connectivity index (χ3v) is 2.27. The molecule has 0 saturated carbocycles. The summed E-state index contributed by atoms with van der Waals surface area (Å²) in [6.45, 7) is 4.38. The SMILES string of the molecule is COCCOCCCOCCn1cc(CN)nn1. The zero-order chi connectivity index (χ0) is 13.1. The van der Waals surface area contributed by atoms with E-state index in [1.807, 2.05) is 6.20 Å². The summed E-state index contributed by atoms with van der Waals surface area (Å²) in [5.41, 5.74) is 6.23. The van der Waals surface area contributed by atoms with Crippen LogP contribution in [-0.2, 0) is 27.3 Å². The van der Waals surface area contributed by atoms with Gasteiger partial charge in [0, 0.05) is 33.1 Å². The Morgan fingerprint density at radius 2 is 1.94 bits per heavy atom. The van der Waals surface area contributed by atoms with E-state index in [4.69, 9.17) is 19.9 Å². The molecule has 2 N–H and O–H groups in total. The fourth-order valence-corrected chi connectivity index (χ4v) is 1.31. The van der Waals surface area contributed by atoms with Gasteiger partial charge in [-0.3, -0.25) is 0 Å². The summed E-state index contributed by atoms with van der Waals surface area (Å²) in [5.74, 6) is 0. The Labute approximate surface area is 107 Å². The monoisotopic (exact) mass is 258 g/mol. The van der Waals surface area contributed by atoms with Crippen molar-refractivity contribution in [1.82, 2.24) is 15.0 Å². The fraction of sp³-hybridized carbons (Fsp3) is 0.818. The summed E-state index contributed by atoms with van der Waals surface area (Å²) in [6, 6.07) is 0. The van der Waals surface area contributed by atoms with E-state index in [1.165, 1.54) is 0 Å². The second kappa shape index (κ2) is 9.95. The first-order valence-corrected chi connectivity index (χ1v) is 6.10. The lowest BCUT2D eigenvalue weighted by Gasteiger charge is -2.05. The second-order valence-electron chi connectivity index (χ2n) is 3.75. The quantitative estimate of drug-likeness (QED) is 0.554. The molecule has 1 rings (SSSR count). The summed E-state index contributed by atoms with van der Waals surface area (Å²) in [5, 5.41) is 7.81. The van der Waals surface area contributed by atoms with Gasteiger partial charge in [0.25, 0.3) is 0 Å². The summed E-state index contributed by atoms with van der Waals surface area (Å²) >= 11 is 0. The molecule has 18 heavy (non-hydrogen) atoms. The Bertz CT molecular complexity index is 306. The molecule has 0 aromatic carbocycles. The van der Waals surface area contributed by atoms with Crippen LogP contribution in [0.25, 0.3) is 0 Å². The zero-order valence-corrected chi connectivity index (χ0v) is 10.9. The van der Waals surface area contributed by atoms with Crippen molar-refractivity contribution >= 4 is 0 Å². The van der Waals surface area contributed by atoms with E-state index in [2.05, 4.69) is 10.3 Å². The standard InChI is InChI=1S/C11H22N4O3/c1-16-7-8-18-5-2-4-17-6-3-15-10-11(9-12)13-14-15/h10H,2-9,12H2,1H3. The summed E-state index contributed by atoms with van der Waals surface area (Å²) in [7, 11) is 1.66. The van der Waals surface area contributed by atoms with Gasteiger partial charge in [0.15, 0.2) is 0 Å². The van der Waals surface area contributed by atoms with Crippen molar-refractivity contribution in [2.45, 2.75) is 19.5 Å². The molecule has 0 saturated heterocycles. The van der Waals surface area contributed by atoms with Gasteiger partial charge < -0.3 is 19.9 Å². The van der Waals surface area contributed by atoms with Gasteiger partial charge in [-0.1, -0.05) is 5.21 Å². The molecule has 0 spiro atoms. The van der Waals surface area contributed by atoms with E-state index in [1.54, 1.807) is 11.8 Å². The fourth-order valence-electron chi connectivity index (χ4n) is 1.31. The first kappa shape index (κ1) is 15.0. The number of ether oxygens (including phenoxy) is 3. The van der Waals surface area contributed by atoms with Crippen LogP contribution in [0.15, 0.2) is 6.20 Å². The topological polar surface area (TPSA) is 84.4 Å². The summed E-state index contributed by atoms with van der Waals surface area (Å²) < 4.78 is 17.4. The number of nitrogens with zero attached hydrogens (tertiary/aromatic N) is 3. The maximum absolute atomic E-state index is 5.46. The maximum Gasteiger partial charge on any atom is 0.0962 e. The molecule has 0 radical (unpaired) electrons. The van der Waals surface area contributed by atoms with Crippen LogP contribution >= 0.6 is 0 Å². The van der Waals surface area contributed by atoms with Crippen molar-refractivity contribution in [1.29, 1.82) is 0 Å². The molecule has 104 valence electrons. The van der Waals surface area contributed by atoms with Gasteiger partial charge >= 0.3 is 0 Å². The average molecular weight is 258 g/mol. The number of hydrogen-bond acceptors (Lipinski definition) is 6. The highest BCUT2D eigenvalue weighted by Gasteiger charge is 1.98. The molecule has 1 aromatic rings. The molecule has 1 heterocycles. The average Bonchev–Trinajstić information content (AvgIpc) is 2.85. The van der Waals surface area contributed by atoms with E-state index >= 15 is 0 Å². The van der Waals surface area contributed by atoms with Gasteiger partial charge in [-0.25, -0.2) is 4.68 Å². The van der Waals surface area contributed by atoms with Gasteiger partial charge in [-0.15, -0.1) is 5.10 Å². The largest absolute Gasteiger partial charge is 0.382 e. The van der Waals surface area contributed by atoms with Crippen molar-refractivity contribution in [2.24, 2.45) is 5.73 Å². The van der Waals surface area contributed by atoms with Gasteiger partial charge in [-0.2, -0.15) is 0 Å². The van der Waals surface area contributed by atoms with Gasteiger partial charge in [0.1, 0.15) is 0 Å². The first-order valence-electron chi connectivity index (χ1n) is 6.10. The third kappa shape index (κ3) is 6.65. The summed E-state index contributed by atoms with van der Waals surface area (Å²) in [4.78, 5) is 0. The van der Waals surface area contributed by atoms with E-state index in [0.29, 0.717) is 46.1 Å². The van der Waals surface area contributed by atoms with Crippen molar-refractivity contribution in [3.8, 4) is 0 Å². The minimum Gasteiger partial charge on any atom is -0.382 e. The van der Waals surface area contributed by atoms with Crippen LogP contribution < -0.4 is 5.73 Å². The number of nitrogens with two attached hydrogens (primary N) is 1. The van der Waals surface area contributed by atoms with Crippen molar-refractivity contribution in [2.75, 3.05) is 40.1 Å². The molecule has 0 atom stereocenters. The van der Waals surface area contributed by atoms with Gasteiger partial charge in [0.05, 0.1) is 32.1 Å². The molecule has 7 heteroatoms. The Morgan fingerprint density at radius 1 is 1.17 bits per heavy atom. The van der Waals surface area contributed by atoms with E-state index in [0.717, 1.165) is 12.1 Å². The van der Waals surface area contributed by atoms with E-state index < -0.39 is 0 Å². The molecule has 0 unspecified atom stereocenters. The molecule has 0 aliphatic rings. The van der Waals surface area contributed by atoms with Crippen LogP contribution in [0, 0.1) is 0 Å². The Morgan fingerprint density at radius 3 is 2.61 bits per heavy atom. The number of hydrogen-bond donors (Lipinski definition) is 1. The van der Waals surface area contributed by atoms with Crippen LogP contribution in [0.5, 0.6) is 0 Å². The summed E-state index contributed by atoms with van der Waals surface area (Å²) in [6.07, 6.45) is 2.71. The normalized spacial score (nSPS) is 11.0.